The van der Waals surface area contributed by atoms with Crippen LogP contribution >= 0.6 is 0 Å². The fraction of sp³-hybridized carbons (Fsp3) is 0.429. The van der Waals surface area contributed by atoms with Crippen LogP contribution in [0.5, 0.6) is 5.75 Å². The summed E-state index contributed by atoms with van der Waals surface area (Å²) < 4.78 is 5.96. The highest BCUT2D eigenvalue weighted by Crippen LogP contribution is 2.21. The summed E-state index contributed by atoms with van der Waals surface area (Å²) in [5.41, 5.74) is 3.61. The average molecular weight is 353 g/mol. The van der Waals surface area contributed by atoms with Crippen molar-refractivity contribution in [1.82, 2.24) is 15.2 Å². The molecule has 0 aliphatic carbocycles. The smallest absolute Gasteiger partial charge is 0.317 e. The molecule has 1 atom stereocenters. The van der Waals surface area contributed by atoms with Gasteiger partial charge in [-0.05, 0) is 44.0 Å². The lowest BCUT2D eigenvalue weighted by atomic mass is 10.0. The first-order chi connectivity index (χ1) is 12.5. The van der Waals surface area contributed by atoms with E-state index in [-0.39, 0.29) is 18.2 Å². The van der Waals surface area contributed by atoms with Gasteiger partial charge in [-0.15, -0.1) is 0 Å². The number of nitrogens with zero attached hydrogens (tertiary/aromatic N) is 2. The van der Waals surface area contributed by atoms with Crippen molar-refractivity contribution < 1.29 is 9.53 Å². The molecule has 0 radical (unpaired) electrons. The van der Waals surface area contributed by atoms with Gasteiger partial charge in [0, 0.05) is 38.3 Å². The van der Waals surface area contributed by atoms with Gasteiger partial charge < -0.3 is 15.0 Å². The molecule has 1 unspecified atom stereocenters. The lowest BCUT2D eigenvalue weighted by Crippen LogP contribution is -2.47. The van der Waals surface area contributed by atoms with Crippen molar-refractivity contribution in [2.24, 2.45) is 0 Å². The monoisotopic (exact) mass is 353 g/mol. The highest BCUT2D eigenvalue weighted by Gasteiger charge is 2.25. The molecule has 1 fully saturated rings. The maximum atomic E-state index is 12.6. The lowest BCUT2D eigenvalue weighted by molar-refractivity contribution is 0.110. The number of likely N-dealkylation sites (tertiary alicyclic amines) is 1. The second-order valence-electron chi connectivity index (χ2n) is 7.02. The van der Waals surface area contributed by atoms with E-state index >= 15 is 0 Å². The second kappa shape index (κ2) is 8.21. The Kier molecular flexibility index (Phi) is 5.76. The molecule has 0 bridgehead atoms. The van der Waals surface area contributed by atoms with Crippen LogP contribution in [0.15, 0.2) is 42.7 Å². The first-order valence-corrected chi connectivity index (χ1v) is 9.22. The summed E-state index contributed by atoms with van der Waals surface area (Å²) in [6, 6.07) is 10.1. The van der Waals surface area contributed by atoms with Gasteiger partial charge in [0.1, 0.15) is 11.9 Å². The number of aryl methyl sites for hydroxylation is 2. The van der Waals surface area contributed by atoms with Crippen molar-refractivity contribution in [3.05, 3.63) is 59.4 Å². The summed E-state index contributed by atoms with van der Waals surface area (Å²) in [6.07, 6.45) is 5.29. The Morgan fingerprint density at radius 1 is 1.19 bits per heavy atom. The molecule has 26 heavy (non-hydrogen) atoms. The minimum atomic E-state index is -0.00566. The van der Waals surface area contributed by atoms with Crippen molar-refractivity contribution in [2.75, 3.05) is 13.1 Å². The largest absolute Gasteiger partial charge is 0.490 e. The molecule has 1 N–H and O–H groups in total. The summed E-state index contributed by atoms with van der Waals surface area (Å²) >= 11 is 0. The number of urea groups is 1. The van der Waals surface area contributed by atoms with Crippen LogP contribution in [0.4, 0.5) is 4.79 Å². The lowest BCUT2D eigenvalue weighted by Gasteiger charge is -2.33. The van der Waals surface area contributed by atoms with Gasteiger partial charge in [0.05, 0.1) is 6.04 Å². The van der Waals surface area contributed by atoms with Crippen molar-refractivity contribution in [3.63, 3.8) is 0 Å². The van der Waals surface area contributed by atoms with Gasteiger partial charge in [-0.3, -0.25) is 4.98 Å². The van der Waals surface area contributed by atoms with E-state index in [2.05, 4.69) is 42.3 Å². The summed E-state index contributed by atoms with van der Waals surface area (Å²) in [5, 5.41) is 3.13. The molecule has 3 rings (SSSR count). The summed E-state index contributed by atoms with van der Waals surface area (Å²) in [6.45, 7) is 7.63. The number of amides is 2. The Bertz CT molecular complexity index is 740. The zero-order chi connectivity index (χ0) is 18.5. The maximum Gasteiger partial charge on any atom is 0.317 e. The number of piperidine rings is 1. The van der Waals surface area contributed by atoms with Gasteiger partial charge >= 0.3 is 6.03 Å². The van der Waals surface area contributed by atoms with Crippen molar-refractivity contribution in [1.29, 1.82) is 0 Å². The predicted octanol–water partition coefficient (Wildman–Crippen LogP) is 4.01. The molecule has 1 aromatic carbocycles. The van der Waals surface area contributed by atoms with Crippen LogP contribution in [0.2, 0.25) is 0 Å². The topological polar surface area (TPSA) is 54.5 Å². The number of benzene rings is 1. The normalized spacial score (nSPS) is 16.2. The molecule has 1 aliphatic heterocycles. The van der Waals surface area contributed by atoms with E-state index in [0.29, 0.717) is 13.1 Å². The molecule has 0 saturated carbocycles. The highest BCUT2D eigenvalue weighted by atomic mass is 16.5. The Hall–Kier alpha value is -2.56. The second-order valence-corrected chi connectivity index (χ2v) is 7.02. The van der Waals surface area contributed by atoms with Crippen LogP contribution in [0, 0.1) is 13.8 Å². The minimum absolute atomic E-state index is 0.000152. The number of aromatic nitrogens is 1. The Labute approximate surface area is 155 Å². The Morgan fingerprint density at radius 2 is 1.88 bits per heavy atom. The van der Waals surface area contributed by atoms with Crippen molar-refractivity contribution >= 4 is 6.03 Å². The van der Waals surface area contributed by atoms with Crippen LogP contribution in [0.25, 0.3) is 0 Å². The molecular formula is C21H27N3O2. The van der Waals surface area contributed by atoms with E-state index in [4.69, 9.17) is 4.74 Å². The van der Waals surface area contributed by atoms with Gasteiger partial charge in [-0.25, -0.2) is 4.79 Å². The van der Waals surface area contributed by atoms with Gasteiger partial charge in [0.25, 0.3) is 0 Å². The molecule has 1 saturated heterocycles. The summed E-state index contributed by atoms with van der Waals surface area (Å²) in [7, 11) is 0. The number of nitrogens with one attached hydrogen (secondary N) is 1. The third-order valence-corrected chi connectivity index (χ3v) is 4.91. The quantitative estimate of drug-likeness (QED) is 0.903. The molecule has 5 nitrogen and oxygen atoms in total. The number of carbonyl (C=O) groups is 1. The number of hydrogen-bond acceptors (Lipinski definition) is 3. The minimum Gasteiger partial charge on any atom is -0.490 e. The van der Waals surface area contributed by atoms with E-state index in [1.807, 2.05) is 24.0 Å². The summed E-state index contributed by atoms with van der Waals surface area (Å²) in [4.78, 5) is 18.5. The van der Waals surface area contributed by atoms with E-state index in [1.165, 1.54) is 16.7 Å². The number of rotatable bonds is 4. The number of ether oxygens (including phenoxy) is 1. The van der Waals surface area contributed by atoms with Gasteiger partial charge in [-0.2, -0.15) is 0 Å². The average Bonchev–Trinajstić information content (AvgIpc) is 2.63. The molecule has 5 heteroatoms. The Balaban J connectivity index is 1.50. The van der Waals surface area contributed by atoms with Crippen LogP contribution in [0.1, 0.15) is 42.5 Å². The van der Waals surface area contributed by atoms with Crippen LogP contribution in [0.3, 0.4) is 0 Å². The molecule has 1 aliphatic rings. The number of pyridine rings is 1. The van der Waals surface area contributed by atoms with E-state index in [0.717, 1.165) is 18.6 Å². The standard InChI is InChI=1S/C21H27N3O2/c1-15-4-5-20(16(2)14-15)17(3)23-21(25)24-12-8-19(9-13-24)26-18-6-10-22-11-7-18/h4-7,10-11,14,17,19H,8-9,12-13H2,1-3H3,(H,23,25). The zero-order valence-corrected chi connectivity index (χ0v) is 15.7. The van der Waals surface area contributed by atoms with Crippen LogP contribution in [-0.2, 0) is 0 Å². The van der Waals surface area contributed by atoms with E-state index < -0.39 is 0 Å². The predicted molar refractivity (Wildman–Crippen MR) is 102 cm³/mol. The molecule has 2 aromatic rings. The Morgan fingerprint density at radius 3 is 2.54 bits per heavy atom. The molecule has 138 valence electrons. The number of hydrogen-bond donors (Lipinski definition) is 1. The van der Waals surface area contributed by atoms with Crippen LogP contribution < -0.4 is 10.1 Å². The SMILES string of the molecule is Cc1ccc(C(C)NC(=O)N2CCC(Oc3ccncc3)CC2)c(C)c1. The van der Waals surface area contributed by atoms with E-state index in [9.17, 15) is 4.79 Å². The highest BCUT2D eigenvalue weighted by molar-refractivity contribution is 5.74. The number of carbonyl (C=O) groups excluding carboxylic acids is 1. The maximum absolute atomic E-state index is 12.6. The van der Waals surface area contributed by atoms with Gasteiger partial charge in [-0.1, -0.05) is 23.8 Å². The summed E-state index contributed by atoms with van der Waals surface area (Å²) in [5.74, 6) is 0.839. The van der Waals surface area contributed by atoms with Crippen molar-refractivity contribution in [3.8, 4) is 5.75 Å². The third kappa shape index (κ3) is 4.54. The molecule has 2 amide bonds. The van der Waals surface area contributed by atoms with Gasteiger partial charge in [0.2, 0.25) is 0 Å². The molecule has 2 heterocycles. The van der Waals surface area contributed by atoms with Gasteiger partial charge in [0.15, 0.2) is 0 Å². The van der Waals surface area contributed by atoms with Crippen molar-refractivity contribution in [2.45, 2.75) is 45.8 Å². The van der Waals surface area contributed by atoms with Crippen LogP contribution in [-0.4, -0.2) is 35.1 Å². The fourth-order valence-electron chi connectivity index (χ4n) is 3.45. The molecular weight excluding hydrogens is 326 g/mol. The van der Waals surface area contributed by atoms with E-state index in [1.54, 1.807) is 12.4 Å². The molecule has 1 aromatic heterocycles. The molecule has 0 spiro atoms. The first-order valence-electron chi connectivity index (χ1n) is 9.22. The third-order valence-electron chi connectivity index (χ3n) is 4.91. The first kappa shape index (κ1) is 18.2. The fourth-order valence-corrected chi connectivity index (χ4v) is 3.45. The zero-order valence-electron chi connectivity index (χ0n) is 15.7.